The van der Waals surface area contributed by atoms with Gasteiger partial charge in [-0.3, -0.25) is 0 Å². The lowest BCUT2D eigenvalue weighted by atomic mass is 10.1. The molecule has 2 aromatic rings. The number of hydrogen-bond donors (Lipinski definition) is 3. The number of nitrogen functional groups attached to an aromatic ring is 1. The minimum absolute atomic E-state index is 0.0645. The first kappa shape index (κ1) is 14.4. The van der Waals surface area contributed by atoms with Gasteiger partial charge in [-0.15, -0.1) is 0 Å². The second kappa shape index (κ2) is 5.52. The molecule has 0 fully saturated rings. The monoisotopic (exact) mass is 291 g/mol. The molecule has 2 aromatic carbocycles. The van der Waals surface area contributed by atoms with Crippen LogP contribution in [0.4, 0.5) is 17.1 Å². The summed E-state index contributed by atoms with van der Waals surface area (Å²) < 4.78 is 22.6. The van der Waals surface area contributed by atoms with Crippen molar-refractivity contribution in [3.63, 3.8) is 0 Å². The molecule has 0 unspecified atom stereocenters. The first-order valence-corrected chi connectivity index (χ1v) is 7.73. The van der Waals surface area contributed by atoms with Crippen LogP contribution in [0.5, 0.6) is 0 Å². The molecule has 2 rings (SSSR count). The number of nitrogens with two attached hydrogens (primary N) is 2. The van der Waals surface area contributed by atoms with Gasteiger partial charge in [-0.1, -0.05) is 19.1 Å². The Kier molecular flexibility index (Phi) is 3.96. The summed E-state index contributed by atoms with van der Waals surface area (Å²) in [6, 6.07) is 12.6. The number of benzene rings is 2. The van der Waals surface area contributed by atoms with Crippen molar-refractivity contribution >= 4 is 27.1 Å². The average molecular weight is 291 g/mol. The number of aryl methyl sites for hydroxylation is 1. The minimum Gasteiger partial charge on any atom is -0.398 e. The van der Waals surface area contributed by atoms with E-state index in [1.165, 1.54) is 11.6 Å². The van der Waals surface area contributed by atoms with Crippen molar-refractivity contribution in [1.29, 1.82) is 0 Å². The molecular formula is C14H17N3O2S. The van der Waals surface area contributed by atoms with Gasteiger partial charge in [0.1, 0.15) is 4.90 Å². The molecule has 0 atom stereocenters. The van der Waals surface area contributed by atoms with E-state index in [4.69, 9.17) is 10.9 Å². The predicted octanol–water partition coefficient (Wildman–Crippen LogP) is 2.22. The molecule has 106 valence electrons. The number of anilines is 3. The Labute approximate surface area is 118 Å². The lowest BCUT2D eigenvalue weighted by Gasteiger charge is -2.10. The van der Waals surface area contributed by atoms with Crippen LogP contribution in [0, 0.1) is 0 Å². The maximum atomic E-state index is 11.3. The van der Waals surface area contributed by atoms with E-state index in [9.17, 15) is 8.42 Å². The molecule has 0 amide bonds. The van der Waals surface area contributed by atoms with E-state index < -0.39 is 10.0 Å². The second-order valence-corrected chi connectivity index (χ2v) is 6.01. The van der Waals surface area contributed by atoms with E-state index in [2.05, 4.69) is 12.2 Å². The van der Waals surface area contributed by atoms with E-state index in [0.29, 0.717) is 5.69 Å². The van der Waals surface area contributed by atoms with Gasteiger partial charge in [0.25, 0.3) is 0 Å². The third kappa shape index (κ3) is 3.28. The summed E-state index contributed by atoms with van der Waals surface area (Å²) in [5, 5.41) is 8.25. The maximum absolute atomic E-state index is 11.3. The van der Waals surface area contributed by atoms with Crippen LogP contribution in [-0.4, -0.2) is 8.42 Å². The van der Waals surface area contributed by atoms with E-state index in [1.807, 2.05) is 24.3 Å². The number of primary sulfonamides is 1. The summed E-state index contributed by atoms with van der Waals surface area (Å²) in [7, 11) is -3.79. The second-order valence-electron chi connectivity index (χ2n) is 4.48. The Balaban J connectivity index is 2.29. The molecule has 5 nitrogen and oxygen atoms in total. The van der Waals surface area contributed by atoms with Crippen molar-refractivity contribution in [3.8, 4) is 0 Å². The molecule has 5 N–H and O–H groups in total. The molecule has 0 heterocycles. The Morgan fingerprint density at radius 2 is 1.80 bits per heavy atom. The molecule has 0 aliphatic rings. The van der Waals surface area contributed by atoms with E-state index in [0.717, 1.165) is 12.1 Å². The van der Waals surface area contributed by atoms with E-state index >= 15 is 0 Å². The molecule has 0 saturated carbocycles. The topological polar surface area (TPSA) is 98.2 Å². The van der Waals surface area contributed by atoms with Crippen LogP contribution in [0.3, 0.4) is 0 Å². The molecule has 0 aliphatic heterocycles. The van der Waals surface area contributed by atoms with Gasteiger partial charge >= 0.3 is 0 Å². The zero-order valence-electron chi connectivity index (χ0n) is 11.1. The molecule has 0 aliphatic carbocycles. The Hall–Kier alpha value is -2.05. The van der Waals surface area contributed by atoms with Crippen LogP contribution in [0.25, 0.3) is 0 Å². The molecule has 0 aromatic heterocycles. The van der Waals surface area contributed by atoms with Gasteiger partial charge in [-0.2, -0.15) is 0 Å². The van der Waals surface area contributed by atoms with Gasteiger partial charge in [-0.25, -0.2) is 13.6 Å². The summed E-state index contributed by atoms with van der Waals surface area (Å²) in [4.78, 5) is -0.0645. The van der Waals surface area contributed by atoms with Crippen LogP contribution >= 0.6 is 0 Å². The maximum Gasteiger partial charge on any atom is 0.240 e. The summed E-state index contributed by atoms with van der Waals surface area (Å²) in [6.07, 6.45) is 0.946. The van der Waals surface area contributed by atoms with Crippen molar-refractivity contribution in [2.75, 3.05) is 11.1 Å². The Bertz CT molecular complexity index is 727. The first-order valence-electron chi connectivity index (χ1n) is 6.18. The fraction of sp³-hybridized carbons (Fsp3) is 0.143. The number of rotatable bonds is 4. The van der Waals surface area contributed by atoms with Gasteiger partial charge < -0.3 is 11.1 Å². The molecule has 0 saturated heterocycles. The summed E-state index contributed by atoms with van der Waals surface area (Å²) >= 11 is 0. The van der Waals surface area contributed by atoms with Crippen LogP contribution in [0.2, 0.25) is 0 Å². The Morgan fingerprint density at radius 3 is 2.40 bits per heavy atom. The van der Waals surface area contributed by atoms with Crippen molar-refractivity contribution in [2.45, 2.75) is 18.2 Å². The third-order valence-corrected chi connectivity index (χ3v) is 3.93. The molecule has 0 bridgehead atoms. The van der Waals surface area contributed by atoms with Crippen LogP contribution < -0.4 is 16.2 Å². The SMILES string of the molecule is CCc1cccc(Nc2ccc(S(N)(=O)=O)c(N)c2)c1. The minimum atomic E-state index is -3.79. The summed E-state index contributed by atoms with van der Waals surface area (Å²) in [5.41, 5.74) is 8.69. The predicted molar refractivity (Wildman–Crippen MR) is 81.3 cm³/mol. The smallest absolute Gasteiger partial charge is 0.240 e. The largest absolute Gasteiger partial charge is 0.398 e. The summed E-state index contributed by atoms with van der Waals surface area (Å²) in [5.74, 6) is 0. The number of sulfonamides is 1. The molecule has 0 radical (unpaired) electrons. The standard InChI is InChI=1S/C14H17N3O2S/c1-2-10-4-3-5-11(8-10)17-12-6-7-14(13(15)9-12)20(16,18)19/h3-9,17H,2,15H2,1H3,(H2,16,18,19). The van der Waals surface area contributed by atoms with E-state index in [-0.39, 0.29) is 10.6 Å². The van der Waals surface area contributed by atoms with Gasteiger partial charge in [0, 0.05) is 11.4 Å². The highest BCUT2D eigenvalue weighted by Gasteiger charge is 2.12. The highest BCUT2D eigenvalue weighted by Crippen LogP contribution is 2.24. The van der Waals surface area contributed by atoms with Gasteiger partial charge in [0.15, 0.2) is 0 Å². The quantitative estimate of drug-likeness (QED) is 0.752. The summed E-state index contributed by atoms with van der Waals surface area (Å²) in [6.45, 7) is 2.08. The van der Waals surface area contributed by atoms with Crippen LogP contribution in [0.1, 0.15) is 12.5 Å². The van der Waals surface area contributed by atoms with Gasteiger partial charge in [0.05, 0.1) is 5.69 Å². The van der Waals surface area contributed by atoms with Crippen molar-refractivity contribution in [3.05, 3.63) is 48.0 Å². The van der Waals surface area contributed by atoms with Crippen molar-refractivity contribution < 1.29 is 8.42 Å². The fourth-order valence-corrected chi connectivity index (χ4v) is 2.57. The molecule has 0 spiro atoms. The van der Waals surface area contributed by atoms with Crippen molar-refractivity contribution in [1.82, 2.24) is 0 Å². The normalized spacial score (nSPS) is 11.3. The zero-order valence-corrected chi connectivity index (χ0v) is 11.9. The van der Waals surface area contributed by atoms with Crippen molar-refractivity contribution in [2.24, 2.45) is 5.14 Å². The number of hydrogen-bond acceptors (Lipinski definition) is 4. The molecular weight excluding hydrogens is 274 g/mol. The van der Waals surface area contributed by atoms with Crippen LogP contribution in [-0.2, 0) is 16.4 Å². The highest BCUT2D eigenvalue weighted by atomic mass is 32.2. The van der Waals surface area contributed by atoms with E-state index in [1.54, 1.807) is 12.1 Å². The van der Waals surface area contributed by atoms with Gasteiger partial charge in [0.2, 0.25) is 10.0 Å². The van der Waals surface area contributed by atoms with Crippen LogP contribution in [0.15, 0.2) is 47.4 Å². The lowest BCUT2D eigenvalue weighted by Crippen LogP contribution is -2.14. The third-order valence-electron chi connectivity index (χ3n) is 2.94. The highest BCUT2D eigenvalue weighted by molar-refractivity contribution is 7.89. The Morgan fingerprint density at radius 1 is 1.10 bits per heavy atom. The number of nitrogens with one attached hydrogen (secondary N) is 1. The lowest BCUT2D eigenvalue weighted by molar-refractivity contribution is 0.598. The molecule has 20 heavy (non-hydrogen) atoms. The fourth-order valence-electron chi connectivity index (χ4n) is 1.92. The van der Waals surface area contributed by atoms with Gasteiger partial charge in [-0.05, 0) is 42.3 Å². The molecule has 6 heteroatoms. The zero-order chi connectivity index (χ0) is 14.8. The first-order chi connectivity index (χ1) is 9.40. The average Bonchev–Trinajstić information content (AvgIpc) is 2.37.